The second-order valence-corrected chi connectivity index (χ2v) is 5.83. The summed E-state index contributed by atoms with van der Waals surface area (Å²) >= 11 is 0. The van der Waals surface area contributed by atoms with Crippen LogP contribution in [-0.2, 0) is 20.3 Å². The van der Waals surface area contributed by atoms with Crippen molar-refractivity contribution in [3.8, 4) is 0 Å². The molecule has 16 heavy (non-hydrogen) atoms. The first kappa shape index (κ1) is 14.1. The fourth-order valence-electron chi connectivity index (χ4n) is 1.93. The van der Waals surface area contributed by atoms with Crippen LogP contribution >= 0.6 is 0 Å². The van der Waals surface area contributed by atoms with Crippen molar-refractivity contribution in [2.24, 2.45) is 0 Å². The molecule has 4 nitrogen and oxygen atoms in total. The van der Waals surface area contributed by atoms with Gasteiger partial charge in [0.15, 0.2) is 0 Å². The zero-order valence-corrected chi connectivity index (χ0v) is 11.1. The van der Waals surface area contributed by atoms with Gasteiger partial charge in [0.05, 0.1) is 6.61 Å². The van der Waals surface area contributed by atoms with Crippen LogP contribution in [0.2, 0.25) is 0 Å². The molecule has 0 aromatic heterocycles. The highest BCUT2D eigenvalue weighted by atomic mass is 32.2. The van der Waals surface area contributed by atoms with E-state index in [0.717, 1.165) is 32.6 Å². The predicted octanol–water partition coefficient (Wildman–Crippen LogP) is 0.539. The van der Waals surface area contributed by atoms with Gasteiger partial charge < -0.3 is 14.8 Å². The van der Waals surface area contributed by atoms with Crippen LogP contribution in [0, 0.1) is 0 Å². The van der Waals surface area contributed by atoms with E-state index in [1.165, 1.54) is 0 Å². The summed E-state index contributed by atoms with van der Waals surface area (Å²) in [7, 11) is 0.920. The van der Waals surface area contributed by atoms with E-state index in [1.54, 1.807) is 7.11 Å². The zero-order valence-electron chi connectivity index (χ0n) is 10.2. The second-order valence-electron chi connectivity index (χ2n) is 4.07. The largest absolute Gasteiger partial charge is 0.383 e. The van der Waals surface area contributed by atoms with Crippen LogP contribution in [-0.4, -0.2) is 54.7 Å². The highest BCUT2D eigenvalue weighted by Crippen LogP contribution is 2.14. The number of hydrogen-bond donors (Lipinski definition) is 1. The first-order valence-electron chi connectivity index (χ1n) is 5.95. The lowest BCUT2D eigenvalue weighted by Gasteiger charge is -2.24. The maximum absolute atomic E-state index is 12.1. The van der Waals surface area contributed by atoms with Gasteiger partial charge in [-0.2, -0.15) is 0 Å². The Hall–Kier alpha value is 0.0300. The zero-order chi connectivity index (χ0) is 11.8. The highest BCUT2D eigenvalue weighted by molar-refractivity contribution is 7.85. The summed E-state index contributed by atoms with van der Waals surface area (Å²) in [5.41, 5.74) is 0. The van der Waals surface area contributed by atoms with E-state index in [9.17, 15) is 4.21 Å². The van der Waals surface area contributed by atoms with Crippen LogP contribution in [0.25, 0.3) is 0 Å². The molecule has 0 bridgehead atoms. The summed E-state index contributed by atoms with van der Waals surface area (Å²) in [6, 6.07) is 0.207. The summed E-state index contributed by atoms with van der Waals surface area (Å²) in [6.45, 7) is 5.08. The lowest BCUT2D eigenvalue weighted by atomic mass is 10.2. The van der Waals surface area contributed by atoms with Gasteiger partial charge in [0, 0.05) is 48.2 Å². The van der Waals surface area contributed by atoms with E-state index >= 15 is 0 Å². The molecular formula is C11H23NO3S. The maximum atomic E-state index is 12.1. The first-order chi connectivity index (χ1) is 7.77. The van der Waals surface area contributed by atoms with Crippen molar-refractivity contribution in [2.75, 3.05) is 39.2 Å². The molecule has 1 N–H and O–H groups in total. The smallest absolute Gasteiger partial charge is 0.0624 e. The number of ether oxygens (including phenoxy) is 2. The van der Waals surface area contributed by atoms with Gasteiger partial charge >= 0.3 is 0 Å². The lowest BCUT2D eigenvalue weighted by Crippen LogP contribution is -2.40. The normalized spacial score (nSPS) is 21.9. The molecule has 1 rings (SSSR count). The third-order valence-electron chi connectivity index (χ3n) is 2.77. The van der Waals surface area contributed by atoms with Crippen molar-refractivity contribution < 1.29 is 13.7 Å². The third-order valence-corrected chi connectivity index (χ3v) is 4.71. The first-order valence-corrected chi connectivity index (χ1v) is 7.33. The summed E-state index contributed by atoms with van der Waals surface area (Å²) in [5.74, 6) is 0.687. The summed E-state index contributed by atoms with van der Waals surface area (Å²) < 4.78 is 22.5. The van der Waals surface area contributed by atoms with Gasteiger partial charge in [-0.3, -0.25) is 4.21 Å². The Bertz CT molecular complexity index is 201. The van der Waals surface area contributed by atoms with E-state index in [4.69, 9.17) is 9.47 Å². The number of rotatable bonds is 7. The summed E-state index contributed by atoms with van der Waals surface area (Å²) in [6.07, 6.45) is 1.86. The van der Waals surface area contributed by atoms with Gasteiger partial charge in [0.2, 0.25) is 0 Å². The monoisotopic (exact) mass is 249 g/mol. The van der Waals surface area contributed by atoms with Crippen molar-refractivity contribution in [3.05, 3.63) is 0 Å². The van der Waals surface area contributed by atoms with Crippen LogP contribution in [0.1, 0.15) is 19.8 Å². The Labute approximate surface area is 101 Å². The molecule has 1 aliphatic heterocycles. The van der Waals surface area contributed by atoms with E-state index < -0.39 is 10.8 Å². The summed E-state index contributed by atoms with van der Waals surface area (Å²) in [4.78, 5) is 0. The second kappa shape index (κ2) is 8.17. The topological polar surface area (TPSA) is 47.6 Å². The van der Waals surface area contributed by atoms with Gasteiger partial charge in [-0.05, 0) is 19.4 Å². The Morgan fingerprint density at radius 3 is 2.75 bits per heavy atom. The molecule has 1 saturated heterocycles. The Kier molecular flexibility index (Phi) is 7.20. The molecule has 2 unspecified atom stereocenters. The highest BCUT2D eigenvalue weighted by Gasteiger charge is 2.22. The molecule has 0 aromatic carbocycles. The molecule has 96 valence electrons. The van der Waals surface area contributed by atoms with Gasteiger partial charge in [-0.25, -0.2) is 0 Å². The minimum Gasteiger partial charge on any atom is -0.383 e. The number of likely N-dealkylation sites (N-methyl/N-ethyl adjacent to an activating group) is 1. The minimum atomic E-state index is -0.762. The number of methoxy groups -OCH3 is 1. The van der Waals surface area contributed by atoms with Gasteiger partial charge in [0.25, 0.3) is 0 Å². The molecule has 1 aliphatic rings. The van der Waals surface area contributed by atoms with Gasteiger partial charge in [-0.1, -0.05) is 6.92 Å². The quantitative estimate of drug-likeness (QED) is 0.715. The molecule has 0 amide bonds. The number of hydrogen-bond acceptors (Lipinski definition) is 4. The SMILES string of the molecule is CCNC(COC)CS(=O)C1CCOCC1. The van der Waals surface area contributed by atoms with Crippen LogP contribution in [0.5, 0.6) is 0 Å². The van der Waals surface area contributed by atoms with Crippen LogP contribution in [0.15, 0.2) is 0 Å². The van der Waals surface area contributed by atoms with Crippen LogP contribution < -0.4 is 5.32 Å². The third kappa shape index (κ3) is 4.91. The molecule has 0 aromatic rings. The molecule has 5 heteroatoms. The van der Waals surface area contributed by atoms with E-state index in [0.29, 0.717) is 17.6 Å². The van der Waals surface area contributed by atoms with Gasteiger partial charge in [0.1, 0.15) is 0 Å². The number of nitrogens with one attached hydrogen (secondary N) is 1. The van der Waals surface area contributed by atoms with Gasteiger partial charge in [-0.15, -0.1) is 0 Å². The average molecular weight is 249 g/mol. The summed E-state index contributed by atoms with van der Waals surface area (Å²) in [5, 5.41) is 3.62. The molecule has 1 heterocycles. The van der Waals surface area contributed by atoms with Crippen LogP contribution in [0.4, 0.5) is 0 Å². The van der Waals surface area contributed by atoms with Crippen molar-refractivity contribution in [3.63, 3.8) is 0 Å². The molecule has 1 fully saturated rings. The Balaban J connectivity index is 2.33. The van der Waals surface area contributed by atoms with Crippen LogP contribution in [0.3, 0.4) is 0 Å². The lowest BCUT2D eigenvalue weighted by molar-refractivity contribution is 0.0991. The standard InChI is InChI=1S/C11H23NO3S/c1-3-12-10(8-14-2)9-16(13)11-4-6-15-7-5-11/h10-12H,3-9H2,1-2H3. The van der Waals surface area contributed by atoms with E-state index in [1.807, 2.05) is 0 Å². The maximum Gasteiger partial charge on any atom is 0.0624 e. The Morgan fingerprint density at radius 1 is 1.50 bits per heavy atom. The molecule has 0 saturated carbocycles. The van der Waals surface area contributed by atoms with Crippen molar-refractivity contribution in [1.82, 2.24) is 5.32 Å². The van der Waals surface area contributed by atoms with Crippen molar-refractivity contribution in [1.29, 1.82) is 0 Å². The predicted molar refractivity (Wildman–Crippen MR) is 66.2 cm³/mol. The van der Waals surface area contributed by atoms with E-state index in [-0.39, 0.29) is 6.04 Å². The molecule has 0 spiro atoms. The molecule has 2 atom stereocenters. The average Bonchev–Trinajstić information content (AvgIpc) is 2.31. The fraction of sp³-hybridized carbons (Fsp3) is 1.00. The van der Waals surface area contributed by atoms with E-state index in [2.05, 4.69) is 12.2 Å². The molecular weight excluding hydrogens is 226 g/mol. The van der Waals surface area contributed by atoms with Crippen molar-refractivity contribution >= 4 is 10.8 Å². The van der Waals surface area contributed by atoms with Crippen molar-refractivity contribution in [2.45, 2.75) is 31.1 Å². The Morgan fingerprint density at radius 2 is 2.19 bits per heavy atom. The minimum absolute atomic E-state index is 0.207. The molecule has 0 aliphatic carbocycles. The molecule has 0 radical (unpaired) electrons. The fourth-order valence-corrected chi connectivity index (χ4v) is 3.53.